The van der Waals surface area contributed by atoms with Crippen LogP contribution in [-0.2, 0) is 4.79 Å². The summed E-state index contributed by atoms with van der Waals surface area (Å²) in [6.07, 6.45) is 3.69. The molecule has 0 bridgehead atoms. The first-order valence-electron chi connectivity index (χ1n) is 3.93. The summed E-state index contributed by atoms with van der Waals surface area (Å²) in [4.78, 5) is 20.0. The fourth-order valence-corrected chi connectivity index (χ4v) is 1.14. The smallest absolute Gasteiger partial charge is 0.203 e. The molecule has 0 heterocycles. The first-order chi connectivity index (χ1) is 5.63. The summed E-state index contributed by atoms with van der Waals surface area (Å²) in [5, 5.41) is 9.88. The van der Waals surface area contributed by atoms with E-state index in [1.54, 1.807) is 0 Å². The summed E-state index contributed by atoms with van der Waals surface area (Å²) in [6.45, 7) is 0.0439. The van der Waals surface area contributed by atoms with Crippen LogP contribution in [0.25, 0.3) is 0 Å². The van der Waals surface area contributed by atoms with Gasteiger partial charge in [0.15, 0.2) is 4.69 Å². The van der Waals surface area contributed by atoms with Crippen LogP contribution in [0.2, 0.25) is 0 Å². The van der Waals surface area contributed by atoms with Crippen LogP contribution in [0.3, 0.4) is 0 Å². The van der Waals surface area contributed by atoms with Crippen LogP contribution in [0.4, 0.5) is 0 Å². The third-order valence-corrected chi connectivity index (χ3v) is 1.86. The van der Waals surface area contributed by atoms with Crippen LogP contribution in [0.15, 0.2) is 0 Å². The van der Waals surface area contributed by atoms with Gasteiger partial charge in [-0.2, -0.15) is 0 Å². The first-order valence-corrected chi connectivity index (χ1v) is 4.72. The maximum Gasteiger partial charge on any atom is 0.203 e. The van der Waals surface area contributed by atoms with E-state index in [1.165, 1.54) is 0 Å². The molecule has 0 amide bonds. The first kappa shape index (κ1) is 11.6. The Bertz CT molecular complexity index is 143. The van der Waals surface area contributed by atoms with E-state index < -0.39 is 0 Å². The molecule has 0 rings (SSSR count). The van der Waals surface area contributed by atoms with Gasteiger partial charge in [-0.3, -0.25) is 14.9 Å². The molecule has 4 nitrogen and oxygen atoms in total. The molecule has 0 unspecified atom stereocenters. The molecule has 0 fully saturated rings. The number of carbonyl (C=O) groups excluding carboxylic acids is 1. The number of carbonyl (C=O) groups is 1. The van der Waals surface area contributed by atoms with Crippen LogP contribution >= 0.6 is 15.9 Å². The fraction of sp³-hybridized carbons (Fsp3) is 0.857. The second-order valence-electron chi connectivity index (χ2n) is 2.58. The van der Waals surface area contributed by atoms with Gasteiger partial charge in [0.05, 0.1) is 0 Å². The maximum atomic E-state index is 10.4. The van der Waals surface area contributed by atoms with Crippen molar-refractivity contribution >= 4 is 20.6 Å². The number of nitro groups is 1. The second kappa shape index (κ2) is 7.21. The number of halogens is 1. The molecule has 0 aliphatic heterocycles. The second-order valence-corrected chi connectivity index (χ2v) is 3.46. The van der Waals surface area contributed by atoms with Gasteiger partial charge in [-0.15, -0.1) is 0 Å². The lowest BCUT2D eigenvalue weighted by Crippen LogP contribution is -1.99. The molecule has 70 valence electrons. The van der Waals surface area contributed by atoms with Gasteiger partial charge in [0.25, 0.3) is 0 Å². The predicted octanol–water partition coefficient (Wildman–Crippen LogP) is 2.14. The van der Waals surface area contributed by atoms with Crippen LogP contribution in [0.1, 0.15) is 32.1 Å². The van der Waals surface area contributed by atoms with Crippen LogP contribution in [0.5, 0.6) is 0 Å². The van der Waals surface area contributed by atoms with Gasteiger partial charge >= 0.3 is 0 Å². The summed E-state index contributed by atoms with van der Waals surface area (Å²) in [5.41, 5.74) is 0. The van der Waals surface area contributed by atoms with E-state index in [2.05, 4.69) is 15.9 Å². The summed E-state index contributed by atoms with van der Waals surface area (Å²) in [5.74, 6) is 0. The van der Waals surface area contributed by atoms with Crippen molar-refractivity contribution in [1.82, 2.24) is 0 Å². The van der Waals surface area contributed by atoms with Gasteiger partial charge in [0.1, 0.15) is 0 Å². The Balaban J connectivity index is 3.01. The average molecular weight is 238 g/mol. The molecule has 0 aromatic carbocycles. The molecule has 0 spiro atoms. The van der Waals surface area contributed by atoms with E-state index in [9.17, 15) is 14.9 Å². The van der Waals surface area contributed by atoms with Gasteiger partial charge in [-0.05, 0) is 28.8 Å². The minimum atomic E-state index is -0.310. The van der Waals surface area contributed by atoms with Gasteiger partial charge in [-0.25, -0.2) is 0 Å². The predicted molar refractivity (Wildman–Crippen MR) is 48.9 cm³/mol. The minimum Gasteiger partial charge on any atom is -0.287 e. The molecule has 12 heavy (non-hydrogen) atoms. The Hall–Kier alpha value is -0.450. The van der Waals surface area contributed by atoms with Crippen molar-refractivity contribution in [2.45, 2.75) is 32.1 Å². The Kier molecular flexibility index (Phi) is 6.94. The highest BCUT2D eigenvalue weighted by molar-refractivity contribution is 9.18. The molecule has 0 saturated heterocycles. The van der Waals surface area contributed by atoms with Crippen molar-refractivity contribution in [2.75, 3.05) is 6.54 Å². The van der Waals surface area contributed by atoms with Crippen molar-refractivity contribution < 1.29 is 9.72 Å². The van der Waals surface area contributed by atoms with Crippen LogP contribution < -0.4 is 0 Å². The van der Waals surface area contributed by atoms with Gasteiger partial charge in [0, 0.05) is 17.8 Å². The van der Waals surface area contributed by atoms with E-state index in [1.807, 2.05) is 0 Å². The van der Waals surface area contributed by atoms with E-state index in [4.69, 9.17) is 0 Å². The Morgan fingerprint density at radius 3 is 2.33 bits per heavy atom. The molecule has 0 radical (unpaired) electrons. The Morgan fingerprint density at radius 1 is 1.25 bits per heavy atom. The zero-order chi connectivity index (χ0) is 9.40. The van der Waals surface area contributed by atoms with E-state index >= 15 is 0 Å². The summed E-state index contributed by atoms with van der Waals surface area (Å²) in [7, 11) is 0. The summed E-state index contributed by atoms with van der Waals surface area (Å²) >= 11 is 2.82. The Morgan fingerprint density at radius 2 is 1.83 bits per heavy atom. The molecule has 0 aliphatic carbocycles. The number of unbranched alkanes of at least 4 members (excludes halogenated alkanes) is 3. The average Bonchev–Trinajstić information content (AvgIpc) is 1.95. The lowest BCUT2D eigenvalue weighted by atomic mass is 10.1. The van der Waals surface area contributed by atoms with Crippen molar-refractivity contribution in [3.05, 3.63) is 10.1 Å². The zero-order valence-corrected chi connectivity index (χ0v) is 8.38. The van der Waals surface area contributed by atoms with Gasteiger partial charge < -0.3 is 0 Å². The Labute approximate surface area is 79.6 Å². The van der Waals surface area contributed by atoms with Crippen molar-refractivity contribution in [3.8, 4) is 0 Å². The monoisotopic (exact) mass is 237 g/mol. The summed E-state index contributed by atoms with van der Waals surface area (Å²) in [6, 6.07) is 0. The SMILES string of the molecule is O=C(Br)CCCCCC[N+](=O)[O-]. The molecule has 0 N–H and O–H groups in total. The molecular formula is C7H12BrNO3. The standard InChI is InChI=1S/C7H12BrNO3/c8-7(10)5-3-1-2-4-6-9(11)12/h1-6H2. The molecule has 0 aliphatic rings. The van der Waals surface area contributed by atoms with Gasteiger partial charge in [-0.1, -0.05) is 6.42 Å². The quantitative estimate of drug-likeness (QED) is 0.295. The molecule has 0 aromatic rings. The third kappa shape index (κ3) is 9.55. The molecule has 0 atom stereocenters. The lowest BCUT2D eigenvalue weighted by molar-refractivity contribution is -0.480. The number of hydrogen-bond donors (Lipinski definition) is 0. The highest BCUT2D eigenvalue weighted by Gasteiger charge is 1.98. The highest BCUT2D eigenvalue weighted by atomic mass is 79.9. The normalized spacial score (nSPS) is 9.75. The molecule has 0 saturated carbocycles. The van der Waals surface area contributed by atoms with Crippen molar-refractivity contribution in [2.24, 2.45) is 0 Å². The van der Waals surface area contributed by atoms with Crippen LogP contribution in [0, 0.1) is 10.1 Å². The van der Waals surface area contributed by atoms with E-state index in [0.717, 1.165) is 19.3 Å². The van der Waals surface area contributed by atoms with Gasteiger partial charge in [0.2, 0.25) is 6.54 Å². The molecule has 5 heteroatoms. The lowest BCUT2D eigenvalue weighted by Gasteiger charge is -1.95. The zero-order valence-electron chi connectivity index (χ0n) is 6.79. The van der Waals surface area contributed by atoms with Crippen LogP contribution in [-0.4, -0.2) is 16.2 Å². The van der Waals surface area contributed by atoms with Crippen molar-refractivity contribution in [3.63, 3.8) is 0 Å². The maximum absolute atomic E-state index is 10.4. The fourth-order valence-electron chi connectivity index (χ4n) is 0.858. The largest absolute Gasteiger partial charge is 0.287 e. The topological polar surface area (TPSA) is 60.2 Å². The minimum absolute atomic E-state index is 0.0109. The van der Waals surface area contributed by atoms with E-state index in [0.29, 0.717) is 12.8 Å². The molecular weight excluding hydrogens is 226 g/mol. The van der Waals surface area contributed by atoms with Crippen molar-refractivity contribution in [1.29, 1.82) is 0 Å². The molecule has 0 aromatic heterocycles. The number of rotatable bonds is 7. The number of nitrogens with zero attached hydrogens (tertiary/aromatic N) is 1. The highest BCUT2D eigenvalue weighted by Crippen LogP contribution is 2.05. The van der Waals surface area contributed by atoms with E-state index in [-0.39, 0.29) is 16.2 Å². The summed E-state index contributed by atoms with van der Waals surface area (Å²) < 4.78 is 0.0109. The third-order valence-electron chi connectivity index (χ3n) is 1.46. The number of hydrogen-bond acceptors (Lipinski definition) is 3.